The Labute approximate surface area is 66.5 Å². The van der Waals surface area contributed by atoms with Crippen molar-refractivity contribution in [2.45, 2.75) is 38.2 Å². The molecule has 1 aliphatic heterocycles. The molecule has 1 aliphatic carbocycles. The van der Waals surface area contributed by atoms with Crippen molar-refractivity contribution in [3.8, 4) is 0 Å². The zero-order chi connectivity index (χ0) is 7.52. The van der Waals surface area contributed by atoms with E-state index >= 15 is 0 Å². The minimum absolute atomic E-state index is 0.286. The van der Waals surface area contributed by atoms with Gasteiger partial charge in [-0.1, -0.05) is 17.9 Å². The highest BCUT2D eigenvalue weighted by atomic mass is 17.5. The van der Waals surface area contributed by atoms with Crippen molar-refractivity contribution in [1.82, 2.24) is 0 Å². The average molecular weight is 158 g/mol. The molecule has 2 aliphatic rings. The fourth-order valence-electron chi connectivity index (χ4n) is 1.92. The Kier molecular flexibility index (Phi) is 2.41. The van der Waals surface area contributed by atoms with Crippen molar-refractivity contribution in [2.24, 2.45) is 5.92 Å². The Morgan fingerprint density at radius 1 is 1.09 bits per heavy atom. The number of rotatable bonds is 0. The van der Waals surface area contributed by atoms with E-state index in [1.54, 1.807) is 0 Å². The molecule has 11 heavy (non-hydrogen) atoms. The maximum Gasteiger partial charge on any atom is 0.0964 e. The summed E-state index contributed by atoms with van der Waals surface area (Å²) in [5.41, 5.74) is 0. The molecule has 2 atom stereocenters. The summed E-state index contributed by atoms with van der Waals surface area (Å²) in [6.45, 7) is 0.678. The van der Waals surface area contributed by atoms with Crippen LogP contribution in [-0.4, -0.2) is 12.7 Å². The van der Waals surface area contributed by atoms with Crippen molar-refractivity contribution >= 4 is 0 Å². The van der Waals surface area contributed by atoms with Gasteiger partial charge in [-0.25, -0.2) is 9.78 Å². The highest BCUT2D eigenvalue weighted by molar-refractivity contribution is 4.72. The maximum atomic E-state index is 5.03. The first-order valence-electron chi connectivity index (χ1n) is 4.40. The van der Waals surface area contributed by atoms with E-state index in [0.29, 0.717) is 6.61 Å². The van der Waals surface area contributed by atoms with Crippen LogP contribution in [0.3, 0.4) is 0 Å². The van der Waals surface area contributed by atoms with Crippen LogP contribution in [0.1, 0.15) is 32.1 Å². The molecule has 0 aromatic rings. The molecule has 2 fully saturated rings. The molecule has 64 valence electrons. The lowest BCUT2D eigenvalue weighted by Gasteiger charge is -2.29. The molecule has 0 aromatic carbocycles. The lowest BCUT2D eigenvalue weighted by Crippen LogP contribution is -2.26. The van der Waals surface area contributed by atoms with Gasteiger partial charge in [0, 0.05) is 0 Å². The van der Waals surface area contributed by atoms with Crippen LogP contribution in [-0.2, 0) is 14.8 Å². The van der Waals surface area contributed by atoms with Gasteiger partial charge in [0.05, 0.1) is 12.7 Å². The topological polar surface area (TPSA) is 27.7 Å². The lowest BCUT2D eigenvalue weighted by molar-refractivity contribution is -0.533. The van der Waals surface area contributed by atoms with Crippen LogP contribution in [0, 0.1) is 5.92 Å². The molecule has 3 heteroatoms. The lowest BCUT2D eigenvalue weighted by atomic mass is 9.85. The van der Waals surface area contributed by atoms with Gasteiger partial charge in [0.2, 0.25) is 0 Å². The highest BCUT2D eigenvalue weighted by Gasteiger charge is 2.25. The van der Waals surface area contributed by atoms with Crippen LogP contribution in [0.15, 0.2) is 0 Å². The van der Waals surface area contributed by atoms with E-state index in [1.165, 1.54) is 12.8 Å². The molecule has 3 nitrogen and oxygen atoms in total. The Hall–Kier alpha value is -0.120. The standard InChI is InChI=1S/C8H14O3/c1-2-7-4-5-9-11-10-8(3-1)6-7/h7-8H,1-6H2. The maximum absolute atomic E-state index is 5.03. The second-order valence-corrected chi connectivity index (χ2v) is 3.43. The van der Waals surface area contributed by atoms with Crippen molar-refractivity contribution < 1.29 is 14.8 Å². The fraction of sp³-hybridized carbons (Fsp3) is 1.00. The molecule has 1 heterocycles. The van der Waals surface area contributed by atoms with Crippen LogP contribution >= 0.6 is 0 Å². The molecule has 0 radical (unpaired) electrons. The molecule has 0 aromatic heterocycles. The zero-order valence-electron chi connectivity index (χ0n) is 6.62. The van der Waals surface area contributed by atoms with Crippen LogP contribution in [0.5, 0.6) is 0 Å². The minimum atomic E-state index is 0.286. The third-order valence-corrected chi connectivity index (χ3v) is 2.57. The normalized spacial score (nSPS) is 39.3. The summed E-state index contributed by atoms with van der Waals surface area (Å²) >= 11 is 0. The predicted molar refractivity (Wildman–Crippen MR) is 38.5 cm³/mol. The molecule has 2 rings (SSSR count). The highest BCUT2D eigenvalue weighted by Crippen LogP contribution is 2.30. The van der Waals surface area contributed by atoms with Gasteiger partial charge < -0.3 is 0 Å². The molecule has 1 saturated carbocycles. The van der Waals surface area contributed by atoms with E-state index in [4.69, 9.17) is 9.78 Å². The molecular formula is C8H14O3. The Morgan fingerprint density at radius 2 is 2.09 bits per heavy atom. The van der Waals surface area contributed by atoms with Crippen LogP contribution in [0.4, 0.5) is 0 Å². The van der Waals surface area contributed by atoms with E-state index in [2.05, 4.69) is 5.04 Å². The number of hydrogen-bond donors (Lipinski definition) is 0. The van der Waals surface area contributed by atoms with Crippen LogP contribution < -0.4 is 0 Å². The smallest absolute Gasteiger partial charge is 0.0964 e. The van der Waals surface area contributed by atoms with Gasteiger partial charge >= 0.3 is 0 Å². The van der Waals surface area contributed by atoms with Gasteiger partial charge in [0.1, 0.15) is 0 Å². The van der Waals surface area contributed by atoms with Gasteiger partial charge in [-0.2, -0.15) is 0 Å². The van der Waals surface area contributed by atoms with Gasteiger partial charge in [0.15, 0.2) is 0 Å². The molecule has 2 bridgehead atoms. The monoisotopic (exact) mass is 158 g/mol. The van der Waals surface area contributed by atoms with Gasteiger partial charge in [-0.3, -0.25) is 0 Å². The van der Waals surface area contributed by atoms with Gasteiger partial charge in [0.25, 0.3) is 0 Å². The zero-order valence-corrected chi connectivity index (χ0v) is 6.62. The first-order valence-corrected chi connectivity index (χ1v) is 4.40. The second-order valence-electron chi connectivity index (χ2n) is 3.43. The van der Waals surface area contributed by atoms with Crippen LogP contribution in [0.25, 0.3) is 0 Å². The second kappa shape index (κ2) is 3.52. The van der Waals surface area contributed by atoms with E-state index in [0.717, 1.165) is 25.2 Å². The van der Waals surface area contributed by atoms with Gasteiger partial charge in [-0.15, -0.1) is 0 Å². The summed E-state index contributed by atoms with van der Waals surface area (Å²) in [6.07, 6.45) is 6.30. The van der Waals surface area contributed by atoms with Crippen molar-refractivity contribution in [3.05, 3.63) is 0 Å². The quantitative estimate of drug-likeness (QED) is 0.503. The molecular weight excluding hydrogens is 144 g/mol. The first-order chi connectivity index (χ1) is 5.45. The minimum Gasteiger partial charge on any atom is -0.206 e. The summed E-state index contributed by atoms with van der Waals surface area (Å²) in [5.74, 6) is 0.803. The number of hydrogen-bond acceptors (Lipinski definition) is 3. The Bertz CT molecular complexity index is 115. The summed E-state index contributed by atoms with van der Waals surface area (Å²) in [4.78, 5) is 9.82. The van der Waals surface area contributed by atoms with E-state index in [1.807, 2.05) is 0 Å². The Balaban J connectivity index is 1.90. The predicted octanol–water partition coefficient (Wildman–Crippen LogP) is 1.83. The summed E-state index contributed by atoms with van der Waals surface area (Å²) in [6, 6.07) is 0. The third-order valence-electron chi connectivity index (χ3n) is 2.57. The van der Waals surface area contributed by atoms with Gasteiger partial charge in [-0.05, 0) is 25.2 Å². The van der Waals surface area contributed by atoms with Crippen LogP contribution in [0.2, 0.25) is 0 Å². The first kappa shape index (κ1) is 7.53. The summed E-state index contributed by atoms with van der Waals surface area (Å²) in [7, 11) is 0. The van der Waals surface area contributed by atoms with Crippen molar-refractivity contribution in [1.29, 1.82) is 0 Å². The largest absolute Gasteiger partial charge is 0.206 e. The van der Waals surface area contributed by atoms with Crippen molar-refractivity contribution in [3.63, 3.8) is 0 Å². The molecule has 0 spiro atoms. The van der Waals surface area contributed by atoms with E-state index < -0.39 is 0 Å². The van der Waals surface area contributed by atoms with E-state index in [-0.39, 0.29) is 6.10 Å². The summed E-state index contributed by atoms with van der Waals surface area (Å²) < 4.78 is 0. The number of fused-ring (bicyclic) bond motifs is 2. The molecule has 0 amide bonds. The SMILES string of the molecule is C1CC2CCOOOC(C1)C2. The summed E-state index contributed by atoms with van der Waals surface area (Å²) in [5, 5.41) is 4.56. The van der Waals surface area contributed by atoms with E-state index in [9.17, 15) is 0 Å². The fourth-order valence-corrected chi connectivity index (χ4v) is 1.92. The Morgan fingerprint density at radius 3 is 3.09 bits per heavy atom. The average Bonchev–Trinajstić information content (AvgIpc) is 2.02. The molecule has 2 unspecified atom stereocenters. The third kappa shape index (κ3) is 1.92. The molecule has 0 N–H and O–H groups in total. The van der Waals surface area contributed by atoms with Crippen molar-refractivity contribution in [2.75, 3.05) is 6.61 Å². The molecule has 1 saturated heterocycles.